The van der Waals surface area contributed by atoms with Crippen LogP contribution in [0, 0.1) is 5.41 Å². The molecule has 12 heteroatoms. The molecule has 0 aromatic carbocycles. The summed E-state index contributed by atoms with van der Waals surface area (Å²) in [5.74, 6) is -0.739. The summed E-state index contributed by atoms with van der Waals surface area (Å²) in [5.41, 5.74) is -8.53. The monoisotopic (exact) mass is 422 g/mol. The van der Waals surface area contributed by atoms with Crippen LogP contribution in [0.15, 0.2) is 0 Å². The molecule has 0 spiro atoms. The van der Waals surface area contributed by atoms with E-state index in [1.54, 1.807) is 20.8 Å². The van der Waals surface area contributed by atoms with Crippen LogP contribution in [0.3, 0.4) is 0 Å². The number of aliphatic hydroxyl groups is 1. The predicted octanol–water partition coefficient (Wildman–Crippen LogP) is 1.71. The Morgan fingerprint density at radius 1 is 1.22 bits per heavy atom. The van der Waals surface area contributed by atoms with Crippen molar-refractivity contribution >= 4 is 16.1 Å². The molecule has 27 heavy (non-hydrogen) atoms. The van der Waals surface area contributed by atoms with Crippen molar-refractivity contribution in [1.29, 1.82) is 0 Å². The Morgan fingerprint density at radius 2 is 1.74 bits per heavy atom. The van der Waals surface area contributed by atoms with Crippen molar-refractivity contribution in [2.24, 2.45) is 5.41 Å². The Kier molecular flexibility index (Phi) is 6.97. The first-order valence-electron chi connectivity index (χ1n) is 8.02. The average molecular weight is 422 g/mol. The number of hydrogen-bond acceptors (Lipinski definition) is 8. The number of hydrogen-bond donors (Lipinski definition) is 1. The molecule has 0 aliphatic carbocycles. The van der Waals surface area contributed by atoms with E-state index in [0.717, 1.165) is 14.0 Å². The van der Waals surface area contributed by atoms with Gasteiger partial charge in [-0.05, 0) is 19.3 Å². The number of halogens is 3. The largest absolute Gasteiger partial charge is 0.523 e. The summed E-state index contributed by atoms with van der Waals surface area (Å²) in [5, 5.41) is 10.7. The molecule has 5 atom stereocenters. The van der Waals surface area contributed by atoms with Crippen molar-refractivity contribution in [3.63, 3.8) is 0 Å². The lowest BCUT2D eigenvalue weighted by atomic mass is 9.86. The van der Waals surface area contributed by atoms with Crippen molar-refractivity contribution in [1.82, 2.24) is 0 Å². The van der Waals surface area contributed by atoms with E-state index in [4.69, 9.17) is 14.2 Å². The summed E-state index contributed by atoms with van der Waals surface area (Å²) in [6.45, 7) is 7.66. The number of ether oxygens (including phenoxy) is 3. The normalized spacial score (nSPS) is 33.0. The number of carbonyl (C=O) groups excluding carboxylic acids is 1. The van der Waals surface area contributed by atoms with E-state index in [0.29, 0.717) is 0 Å². The van der Waals surface area contributed by atoms with Crippen LogP contribution < -0.4 is 0 Å². The number of rotatable bonds is 5. The molecule has 1 N–H and O–H groups in total. The van der Waals surface area contributed by atoms with Crippen molar-refractivity contribution in [3.05, 3.63) is 0 Å². The van der Waals surface area contributed by atoms with Crippen LogP contribution >= 0.6 is 0 Å². The molecular weight excluding hydrogens is 397 g/mol. The summed E-state index contributed by atoms with van der Waals surface area (Å²) >= 11 is 0. The second-order valence-electron chi connectivity index (χ2n) is 7.74. The molecule has 0 amide bonds. The summed E-state index contributed by atoms with van der Waals surface area (Å²) in [6.07, 6.45) is -6.33. The van der Waals surface area contributed by atoms with Gasteiger partial charge >= 0.3 is 21.6 Å². The third kappa shape index (κ3) is 5.76. The van der Waals surface area contributed by atoms with Gasteiger partial charge in [0.2, 0.25) is 0 Å². The molecule has 0 aromatic heterocycles. The first kappa shape index (κ1) is 24.1. The second kappa shape index (κ2) is 7.82. The number of carbonyl (C=O) groups is 1. The van der Waals surface area contributed by atoms with Gasteiger partial charge in [0.25, 0.3) is 0 Å². The van der Waals surface area contributed by atoms with Gasteiger partial charge in [-0.25, -0.2) is 0 Å². The highest BCUT2D eigenvalue weighted by molar-refractivity contribution is 7.87. The van der Waals surface area contributed by atoms with Gasteiger partial charge in [-0.2, -0.15) is 21.6 Å². The lowest BCUT2D eigenvalue weighted by Gasteiger charge is -2.47. The fourth-order valence-corrected chi connectivity index (χ4v) is 3.28. The molecule has 0 bridgehead atoms. The molecule has 1 aliphatic rings. The fraction of sp³-hybridized carbons (Fsp3) is 0.933. The highest BCUT2D eigenvalue weighted by Crippen LogP contribution is 2.38. The minimum Gasteiger partial charge on any atom is -0.456 e. The minimum absolute atomic E-state index is 0.0492. The molecule has 1 fully saturated rings. The maximum Gasteiger partial charge on any atom is 0.523 e. The lowest BCUT2D eigenvalue weighted by molar-refractivity contribution is -0.312. The summed E-state index contributed by atoms with van der Waals surface area (Å²) in [4.78, 5) is 12.1. The fourth-order valence-electron chi connectivity index (χ4n) is 2.61. The zero-order valence-electron chi connectivity index (χ0n) is 15.9. The smallest absolute Gasteiger partial charge is 0.456 e. The van der Waals surface area contributed by atoms with Gasteiger partial charge in [-0.3, -0.25) is 8.98 Å². The quantitative estimate of drug-likeness (QED) is 0.405. The van der Waals surface area contributed by atoms with E-state index < -0.39 is 57.2 Å². The standard InChI is InChI=1S/C15H25F3O8S/c1-8-10(25-9(19)7-13(2,3)4)14(5,20)11(12(23-6)24-8)26-27(21,22)15(16,17)18/h8,10-12,20H,7H2,1-6H3. The molecule has 1 aliphatic heterocycles. The summed E-state index contributed by atoms with van der Waals surface area (Å²) in [7, 11) is -5.03. The molecule has 1 heterocycles. The Bertz CT molecular complexity index is 638. The van der Waals surface area contributed by atoms with E-state index in [-0.39, 0.29) is 6.42 Å². The molecule has 0 saturated carbocycles. The van der Waals surface area contributed by atoms with Crippen LogP contribution in [0.1, 0.15) is 41.0 Å². The van der Waals surface area contributed by atoms with Crippen LogP contribution in [0.4, 0.5) is 13.2 Å². The highest BCUT2D eigenvalue weighted by atomic mass is 32.2. The predicted molar refractivity (Wildman–Crippen MR) is 85.8 cm³/mol. The van der Waals surface area contributed by atoms with E-state index in [2.05, 4.69) is 4.18 Å². The Hall–Kier alpha value is -0.950. The average Bonchev–Trinajstić information content (AvgIpc) is 2.43. The van der Waals surface area contributed by atoms with E-state index >= 15 is 0 Å². The lowest BCUT2D eigenvalue weighted by Crippen LogP contribution is -2.67. The number of esters is 1. The molecule has 8 nitrogen and oxygen atoms in total. The van der Waals surface area contributed by atoms with Crippen molar-refractivity contribution in [2.45, 2.75) is 76.8 Å². The number of methoxy groups -OCH3 is 1. The van der Waals surface area contributed by atoms with Gasteiger partial charge in [0.15, 0.2) is 18.5 Å². The molecular formula is C15H25F3O8S. The second-order valence-corrected chi connectivity index (χ2v) is 9.30. The first-order chi connectivity index (χ1) is 11.9. The molecule has 1 rings (SSSR count). The van der Waals surface area contributed by atoms with Crippen LogP contribution in [-0.4, -0.2) is 62.3 Å². The van der Waals surface area contributed by atoms with Crippen LogP contribution in [-0.2, 0) is 33.3 Å². The SMILES string of the molecule is COC1OC(C)C(OC(=O)CC(C)(C)C)C(C)(O)C1OS(=O)(=O)C(F)(F)F. The van der Waals surface area contributed by atoms with Crippen LogP contribution in [0.25, 0.3) is 0 Å². The Balaban J connectivity index is 3.17. The topological polar surface area (TPSA) is 108 Å². The van der Waals surface area contributed by atoms with Gasteiger partial charge in [0, 0.05) is 7.11 Å². The van der Waals surface area contributed by atoms with E-state index in [1.807, 2.05) is 0 Å². The van der Waals surface area contributed by atoms with Crippen molar-refractivity contribution < 1.29 is 49.9 Å². The van der Waals surface area contributed by atoms with Gasteiger partial charge < -0.3 is 19.3 Å². The Labute approximate surface area is 156 Å². The third-order valence-electron chi connectivity index (χ3n) is 3.85. The zero-order valence-corrected chi connectivity index (χ0v) is 16.7. The maximum absolute atomic E-state index is 12.7. The van der Waals surface area contributed by atoms with Crippen molar-refractivity contribution in [3.8, 4) is 0 Å². The third-order valence-corrected chi connectivity index (χ3v) is 4.88. The van der Waals surface area contributed by atoms with Crippen LogP contribution in [0.5, 0.6) is 0 Å². The minimum atomic E-state index is -6.07. The highest BCUT2D eigenvalue weighted by Gasteiger charge is 2.59. The molecule has 0 radical (unpaired) electrons. The van der Waals surface area contributed by atoms with Gasteiger partial charge in [-0.1, -0.05) is 20.8 Å². The molecule has 5 unspecified atom stereocenters. The van der Waals surface area contributed by atoms with E-state index in [9.17, 15) is 31.5 Å². The summed E-state index contributed by atoms with van der Waals surface area (Å²) < 4.78 is 80.3. The van der Waals surface area contributed by atoms with Gasteiger partial charge in [0.05, 0.1) is 12.5 Å². The summed E-state index contributed by atoms with van der Waals surface area (Å²) in [6, 6.07) is 0. The van der Waals surface area contributed by atoms with Crippen molar-refractivity contribution in [2.75, 3.05) is 7.11 Å². The first-order valence-corrected chi connectivity index (χ1v) is 9.43. The maximum atomic E-state index is 12.7. The van der Waals surface area contributed by atoms with Gasteiger partial charge in [0.1, 0.15) is 5.60 Å². The van der Waals surface area contributed by atoms with Crippen LogP contribution in [0.2, 0.25) is 0 Å². The molecule has 1 saturated heterocycles. The zero-order chi connectivity index (χ0) is 21.4. The molecule has 0 aromatic rings. The molecule has 160 valence electrons. The Morgan fingerprint density at radius 3 is 2.15 bits per heavy atom. The number of alkyl halides is 3. The van der Waals surface area contributed by atoms with Gasteiger partial charge in [-0.15, -0.1) is 0 Å². The van der Waals surface area contributed by atoms with E-state index in [1.165, 1.54) is 6.92 Å².